The molecule has 0 unspecified atom stereocenters. The molecular formula is C14H16N4O2S. The molecular weight excluding hydrogens is 288 g/mol. The zero-order chi connectivity index (χ0) is 14.8. The van der Waals surface area contributed by atoms with Gasteiger partial charge in [-0.1, -0.05) is 23.9 Å². The van der Waals surface area contributed by atoms with Crippen molar-refractivity contribution in [3.05, 3.63) is 34.6 Å². The van der Waals surface area contributed by atoms with E-state index < -0.39 is 0 Å². The lowest BCUT2D eigenvalue weighted by Crippen LogP contribution is -2.20. The molecule has 110 valence electrons. The van der Waals surface area contributed by atoms with Crippen LogP contribution in [0.25, 0.3) is 16.7 Å². The highest BCUT2D eigenvalue weighted by Gasteiger charge is 2.14. The van der Waals surface area contributed by atoms with Gasteiger partial charge in [0.05, 0.1) is 17.5 Å². The van der Waals surface area contributed by atoms with E-state index in [-0.39, 0.29) is 5.56 Å². The molecule has 2 heterocycles. The smallest absolute Gasteiger partial charge is 0.262 e. The summed E-state index contributed by atoms with van der Waals surface area (Å²) in [6, 6.07) is 7.52. The predicted octanol–water partition coefficient (Wildman–Crippen LogP) is 1.71. The predicted molar refractivity (Wildman–Crippen MR) is 83.0 cm³/mol. The van der Waals surface area contributed by atoms with Gasteiger partial charge in [0.1, 0.15) is 0 Å². The van der Waals surface area contributed by atoms with Crippen molar-refractivity contribution in [3.8, 4) is 0 Å². The molecule has 0 saturated heterocycles. The zero-order valence-electron chi connectivity index (χ0n) is 11.9. The Morgan fingerprint density at radius 3 is 2.90 bits per heavy atom. The van der Waals surface area contributed by atoms with Crippen LogP contribution in [0, 0.1) is 0 Å². The number of ether oxygens (including phenoxy) is 1. The second kappa shape index (κ2) is 5.87. The van der Waals surface area contributed by atoms with Gasteiger partial charge in [0.15, 0.2) is 5.16 Å². The Labute approximate surface area is 125 Å². The Balaban J connectivity index is 2.13. The summed E-state index contributed by atoms with van der Waals surface area (Å²) >= 11 is 1.57. The normalized spacial score (nSPS) is 11.5. The van der Waals surface area contributed by atoms with E-state index in [4.69, 9.17) is 4.74 Å². The van der Waals surface area contributed by atoms with E-state index in [0.29, 0.717) is 24.4 Å². The third kappa shape index (κ3) is 2.43. The molecule has 3 rings (SSSR count). The molecule has 6 nitrogen and oxygen atoms in total. The third-order valence-corrected chi connectivity index (χ3v) is 4.15. The van der Waals surface area contributed by atoms with Gasteiger partial charge in [0, 0.05) is 19.4 Å². The highest BCUT2D eigenvalue weighted by molar-refractivity contribution is 7.99. The summed E-state index contributed by atoms with van der Waals surface area (Å²) in [6.45, 7) is 3.35. The van der Waals surface area contributed by atoms with E-state index in [1.165, 1.54) is 4.57 Å². The molecule has 0 bridgehead atoms. The molecule has 0 aliphatic rings. The number of aromatic nitrogens is 4. The maximum absolute atomic E-state index is 12.3. The molecule has 0 atom stereocenters. The molecule has 0 spiro atoms. The maximum Gasteiger partial charge on any atom is 0.262 e. The lowest BCUT2D eigenvalue weighted by Gasteiger charge is -2.07. The number of rotatable bonds is 5. The number of fused-ring (bicyclic) bond motifs is 3. The van der Waals surface area contributed by atoms with E-state index in [0.717, 1.165) is 16.4 Å². The summed E-state index contributed by atoms with van der Waals surface area (Å²) in [5, 5.41) is 9.79. The number of para-hydroxylation sites is 1. The molecule has 2 aromatic heterocycles. The lowest BCUT2D eigenvalue weighted by atomic mass is 10.2. The quantitative estimate of drug-likeness (QED) is 0.530. The second-order valence-corrected chi connectivity index (χ2v) is 5.61. The molecule has 0 fully saturated rings. The average Bonchev–Trinajstić information content (AvgIpc) is 2.93. The minimum absolute atomic E-state index is 0.0589. The molecule has 1 aromatic carbocycles. The lowest BCUT2D eigenvalue weighted by molar-refractivity contribution is 0.164. The first-order chi connectivity index (χ1) is 10.2. The summed E-state index contributed by atoms with van der Waals surface area (Å²) in [7, 11) is 1.72. The molecule has 0 radical (unpaired) electrons. The van der Waals surface area contributed by atoms with Crippen molar-refractivity contribution in [3.63, 3.8) is 0 Å². The van der Waals surface area contributed by atoms with Crippen molar-refractivity contribution in [2.75, 3.05) is 19.0 Å². The van der Waals surface area contributed by atoms with E-state index in [2.05, 4.69) is 10.2 Å². The summed E-state index contributed by atoms with van der Waals surface area (Å²) in [4.78, 5) is 12.3. The first-order valence-corrected chi connectivity index (χ1v) is 7.76. The second-order valence-electron chi connectivity index (χ2n) is 4.54. The van der Waals surface area contributed by atoms with Crippen LogP contribution in [-0.2, 0) is 11.8 Å². The van der Waals surface area contributed by atoms with Crippen molar-refractivity contribution in [1.29, 1.82) is 0 Å². The van der Waals surface area contributed by atoms with Gasteiger partial charge < -0.3 is 4.74 Å². The van der Waals surface area contributed by atoms with Crippen molar-refractivity contribution in [2.24, 2.45) is 7.05 Å². The summed E-state index contributed by atoms with van der Waals surface area (Å²) in [5.74, 6) is 1.35. The summed E-state index contributed by atoms with van der Waals surface area (Å²) in [6.07, 6.45) is 0. The molecule has 21 heavy (non-hydrogen) atoms. The van der Waals surface area contributed by atoms with Gasteiger partial charge in [0.2, 0.25) is 5.78 Å². The number of hydrogen-bond donors (Lipinski definition) is 0. The van der Waals surface area contributed by atoms with E-state index in [1.807, 2.05) is 35.6 Å². The molecule has 0 N–H and O–H groups in total. The summed E-state index contributed by atoms with van der Waals surface area (Å²) < 4.78 is 8.79. The number of nitrogens with zero attached hydrogens (tertiary/aromatic N) is 4. The zero-order valence-corrected chi connectivity index (χ0v) is 12.8. The van der Waals surface area contributed by atoms with Gasteiger partial charge in [-0.05, 0) is 19.1 Å². The SMILES string of the molecule is CCOCCSc1nnc2n(C)c(=O)c3ccccc3n12. The van der Waals surface area contributed by atoms with Crippen molar-refractivity contribution >= 4 is 28.4 Å². The number of aryl methyl sites for hydroxylation is 1. The largest absolute Gasteiger partial charge is 0.381 e. The van der Waals surface area contributed by atoms with Gasteiger partial charge >= 0.3 is 0 Å². The van der Waals surface area contributed by atoms with Crippen LogP contribution in [0.3, 0.4) is 0 Å². The van der Waals surface area contributed by atoms with Gasteiger partial charge in [-0.25, -0.2) is 0 Å². The highest BCUT2D eigenvalue weighted by atomic mass is 32.2. The first kappa shape index (κ1) is 14.1. The number of benzene rings is 1. The van der Waals surface area contributed by atoms with Crippen molar-refractivity contribution in [1.82, 2.24) is 19.2 Å². The molecule has 0 saturated carbocycles. The van der Waals surface area contributed by atoms with E-state index in [1.54, 1.807) is 18.8 Å². The standard InChI is InChI=1S/C14H16N4O2S/c1-3-20-8-9-21-14-16-15-13-17(2)12(19)10-6-4-5-7-11(10)18(13)14/h4-7H,3,8-9H2,1-2H3. The fourth-order valence-electron chi connectivity index (χ4n) is 2.24. The van der Waals surface area contributed by atoms with Gasteiger partial charge in [0.25, 0.3) is 5.56 Å². The van der Waals surface area contributed by atoms with Gasteiger partial charge in [-0.3, -0.25) is 13.8 Å². The Morgan fingerprint density at radius 2 is 2.10 bits per heavy atom. The number of hydrogen-bond acceptors (Lipinski definition) is 5. The summed E-state index contributed by atoms with van der Waals surface area (Å²) in [5.41, 5.74) is 0.774. The van der Waals surface area contributed by atoms with Gasteiger partial charge in [-0.2, -0.15) is 0 Å². The Bertz CT molecular complexity index is 840. The van der Waals surface area contributed by atoms with Crippen LogP contribution in [0.5, 0.6) is 0 Å². The van der Waals surface area contributed by atoms with Crippen LogP contribution in [0.2, 0.25) is 0 Å². The van der Waals surface area contributed by atoms with Gasteiger partial charge in [-0.15, -0.1) is 10.2 Å². The van der Waals surface area contributed by atoms with Crippen molar-refractivity contribution in [2.45, 2.75) is 12.1 Å². The van der Waals surface area contributed by atoms with Crippen LogP contribution < -0.4 is 5.56 Å². The minimum atomic E-state index is -0.0589. The monoisotopic (exact) mass is 304 g/mol. The van der Waals surface area contributed by atoms with Crippen LogP contribution in [-0.4, -0.2) is 38.1 Å². The van der Waals surface area contributed by atoms with Crippen LogP contribution >= 0.6 is 11.8 Å². The van der Waals surface area contributed by atoms with Crippen LogP contribution in [0.4, 0.5) is 0 Å². The highest BCUT2D eigenvalue weighted by Crippen LogP contribution is 2.20. The molecule has 7 heteroatoms. The molecule has 0 aliphatic heterocycles. The Morgan fingerprint density at radius 1 is 1.29 bits per heavy atom. The van der Waals surface area contributed by atoms with Crippen molar-refractivity contribution < 1.29 is 4.74 Å². The fourth-order valence-corrected chi connectivity index (χ4v) is 3.03. The van der Waals surface area contributed by atoms with Crippen LogP contribution in [0.15, 0.2) is 34.2 Å². The van der Waals surface area contributed by atoms with E-state index in [9.17, 15) is 4.79 Å². The third-order valence-electron chi connectivity index (χ3n) is 3.26. The Kier molecular flexibility index (Phi) is 3.94. The topological polar surface area (TPSA) is 61.4 Å². The Hall–Kier alpha value is -1.86. The first-order valence-electron chi connectivity index (χ1n) is 6.77. The molecule has 0 aliphatic carbocycles. The number of thioether (sulfide) groups is 1. The fraction of sp³-hybridized carbons (Fsp3) is 0.357. The average molecular weight is 304 g/mol. The molecule has 0 amide bonds. The maximum atomic E-state index is 12.3. The molecule has 3 aromatic rings. The van der Waals surface area contributed by atoms with Crippen LogP contribution in [0.1, 0.15) is 6.92 Å². The van der Waals surface area contributed by atoms with E-state index >= 15 is 0 Å². The minimum Gasteiger partial charge on any atom is -0.381 e.